The van der Waals surface area contributed by atoms with Crippen LogP contribution in [0.5, 0.6) is 0 Å². The minimum absolute atomic E-state index is 0.0603. The van der Waals surface area contributed by atoms with Gasteiger partial charge in [-0.3, -0.25) is 9.59 Å². The number of nitrogens with one attached hydrogen (secondary N) is 1. The number of aryl methyl sites for hydroxylation is 1. The van der Waals surface area contributed by atoms with Gasteiger partial charge in [0, 0.05) is 31.1 Å². The molecule has 1 unspecified atom stereocenters. The summed E-state index contributed by atoms with van der Waals surface area (Å²) < 4.78 is 5.26. The Morgan fingerprint density at radius 3 is 2.82 bits per heavy atom. The lowest BCUT2D eigenvalue weighted by atomic mass is 9.86. The van der Waals surface area contributed by atoms with E-state index >= 15 is 0 Å². The fourth-order valence-corrected chi connectivity index (χ4v) is 3.52. The molecule has 0 aliphatic carbocycles. The Kier molecular flexibility index (Phi) is 6.86. The van der Waals surface area contributed by atoms with Gasteiger partial charge >= 0.3 is 5.97 Å². The summed E-state index contributed by atoms with van der Waals surface area (Å²) >= 11 is 1.69. The molecule has 2 heterocycles. The molecule has 22 heavy (non-hydrogen) atoms. The van der Waals surface area contributed by atoms with Gasteiger partial charge in [-0.1, -0.05) is 6.07 Å². The van der Waals surface area contributed by atoms with Crippen LogP contribution >= 0.6 is 11.3 Å². The highest BCUT2D eigenvalue weighted by atomic mass is 32.1. The molecule has 122 valence electrons. The van der Waals surface area contributed by atoms with E-state index in [2.05, 4.69) is 11.4 Å². The van der Waals surface area contributed by atoms with Crippen molar-refractivity contribution >= 4 is 23.2 Å². The number of carbonyl (C=O) groups is 2. The van der Waals surface area contributed by atoms with Crippen molar-refractivity contribution in [1.29, 1.82) is 0 Å². The van der Waals surface area contributed by atoms with Gasteiger partial charge < -0.3 is 15.2 Å². The molecule has 1 atom stereocenters. The van der Waals surface area contributed by atoms with Gasteiger partial charge in [-0.25, -0.2) is 0 Å². The number of ether oxygens (including phenoxy) is 1. The van der Waals surface area contributed by atoms with Crippen LogP contribution in [0.2, 0.25) is 0 Å². The number of carboxylic acid groups (broad SMARTS) is 1. The summed E-state index contributed by atoms with van der Waals surface area (Å²) in [5, 5.41) is 14.2. The van der Waals surface area contributed by atoms with Crippen molar-refractivity contribution in [2.24, 2.45) is 11.8 Å². The number of amides is 1. The lowest BCUT2D eigenvalue weighted by Crippen LogP contribution is -2.38. The fourth-order valence-electron chi connectivity index (χ4n) is 2.76. The highest BCUT2D eigenvalue weighted by Gasteiger charge is 2.29. The lowest BCUT2D eigenvalue weighted by molar-refractivity contribution is -0.144. The van der Waals surface area contributed by atoms with Crippen molar-refractivity contribution in [3.05, 3.63) is 22.4 Å². The van der Waals surface area contributed by atoms with E-state index in [-0.39, 0.29) is 18.4 Å². The second-order valence-corrected chi connectivity index (χ2v) is 6.66. The summed E-state index contributed by atoms with van der Waals surface area (Å²) in [5.41, 5.74) is 0. The maximum absolute atomic E-state index is 11.9. The SMILES string of the molecule is O=C(CCCc1cccs1)NCC(C(=O)O)C1CCOCC1. The summed E-state index contributed by atoms with van der Waals surface area (Å²) in [5.74, 6) is -1.30. The molecule has 5 nitrogen and oxygen atoms in total. The molecule has 2 N–H and O–H groups in total. The molecule has 1 aromatic rings. The van der Waals surface area contributed by atoms with E-state index in [0.717, 1.165) is 25.7 Å². The monoisotopic (exact) mass is 325 g/mol. The Hall–Kier alpha value is -1.40. The molecule has 1 aliphatic heterocycles. The first-order valence-electron chi connectivity index (χ1n) is 7.76. The number of carboxylic acids is 1. The van der Waals surface area contributed by atoms with Crippen LogP contribution in [0.15, 0.2) is 17.5 Å². The van der Waals surface area contributed by atoms with Crippen LogP contribution in [0, 0.1) is 11.8 Å². The first kappa shape index (κ1) is 17.0. The molecule has 0 saturated carbocycles. The van der Waals surface area contributed by atoms with Crippen LogP contribution in [0.1, 0.15) is 30.6 Å². The molecular weight excluding hydrogens is 302 g/mol. The van der Waals surface area contributed by atoms with Gasteiger partial charge in [0.25, 0.3) is 0 Å². The number of rotatable bonds is 8. The molecule has 0 spiro atoms. The summed E-state index contributed by atoms with van der Waals surface area (Å²) in [4.78, 5) is 24.5. The van der Waals surface area contributed by atoms with Gasteiger partial charge in [-0.05, 0) is 43.0 Å². The Labute approximate surface area is 134 Å². The number of hydrogen-bond donors (Lipinski definition) is 2. The van der Waals surface area contributed by atoms with Gasteiger partial charge in [0.1, 0.15) is 0 Å². The summed E-state index contributed by atoms with van der Waals surface area (Å²) in [6.07, 6.45) is 3.64. The molecule has 0 bridgehead atoms. The van der Waals surface area contributed by atoms with Crippen molar-refractivity contribution in [2.75, 3.05) is 19.8 Å². The van der Waals surface area contributed by atoms with Crippen molar-refractivity contribution in [3.63, 3.8) is 0 Å². The second kappa shape index (κ2) is 8.90. The topological polar surface area (TPSA) is 75.6 Å². The van der Waals surface area contributed by atoms with E-state index in [0.29, 0.717) is 19.6 Å². The first-order valence-corrected chi connectivity index (χ1v) is 8.64. The summed E-state index contributed by atoms with van der Waals surface area (Å²) in [6, 6.07) is 4.07. The van der Waals surface area contributed by atoms with E-state index < -0.39 is 11.9 Å². The number of hydrogen-bond acceptors (Lipinski definition) is 4. The largest absolute Gasteiger partial charge is 0.481 e. The first-order chi connectivity index (χ1) is 10.7. The van der Waals surface area contributed by atoms with Crippen LogP contribution < -0.4 is 5.32 Å². The normalized spacial score (nSPS) is 17.1. The Balaban J connectivity index is 1.69. The van der Waals surface area contributed by atoms with E-state index in [1.807, 2.05) is 11.4 Å². The van der Waals surface area contributed by atoms with Crippen molar-refractivity contribution < 1.29 is 19.4 Å². The molecule has 6 heteroatoms. The third-order valence-electron chi connectivity index (χ3n) is 4.08. The highest BCUT2D eigenvalue weighted by Crippen LogP contribution is 2.23. The molecule has 2 rings (SSSR count). The number of aliphatic carboxylic acids is 1. The van der Waals surface area contributed by atoms with Gasteiger partial charge in [-0.15, -0.1) is 11.3 Å². The molecule has 1 amide bonds. The highest BCUT2D eigenvalue weighted by molar-refractivity contribution is 7.09. The molecule has 1 saturated heterocycles. The molecule has 1 aromatic heterocycles. The van der Waals surface area contributed by atoms with E-state index in [1.54, 1.807) is 11.3 Å². The molecule has 0 radical (unpaired) electrons. The fraction of sp³-hybridized carbons (Fsp3) is 0.625. The zero-order valence-electron chi connectivity index (χ0n) is 12.6. The minimum Gasteiger partial charge on any atom is -0.481 e. The second-order valence-electron chi connectivity index (χ2n) is 5.63. The lowest BCUT2D eigenvalue weighted by Gasteiger charge is -2.27. The van der Waals surface area contributed by atoms with Crippen molar-refractivity contribution in [2.45, 2.75) is 32.1 Å². The molecule has 1 aliphatic rings. The van der Waals surface area contributed by atoms with E-state index in [4.69, 9.17) is 4.74 Å². The average Bonchev–Trinajstić information content (AvgIpc) is 3.01. The zero-order chi connectivity index (χ0) is 15.8. The van der Waals surface area contributed by atoms with Crippen molar-refractivity contribution in [3.8, 4) is 0 Å². The zero-order valence-corrected chi connectivity index (χ0v) is 13.4. The maximum atomic E-state index is 11.9. The average molecular weight is 325 g/mol. The van der Waals surface area contributed by atoms with Crippen LogP contribution in [-0.2, 0) is 20.7 Å². The number of carbonyl (C=O) groups excluding carboxylic acids is 1. The van der Waals surface area contributed by atoms with E-state index in [9.17, 15) is 14.7 Å². The van der Waals surface area contributed by atoms with Gasteiger partial charge in [0.2, 0.25) is 5.91 Å². The maximum Gasteiger partial charge on any atom is 0.308 e. The minimum atomic E-state index is -0.828. The predicted molar refractivity (Wildman–Crippen MR) is 84.9 cm³/mol. The van der Waals surface area contributed by atoms with Crippen LogP contribution in [-0.4, -0.2) is 36.7 Å². The van der Waals surface area contributed by atoms with E-state index in [1.165, 1.54) is 4.88 Å². The third-order valence-corrected chi connectivity index (χ3v) is 5.01. The summed E-state index contributed by atoms with van der Waals surface area (Å²) in [7, 11) is 0. The van der Waals surface area contributed by atoms with Crippen LogP contribution in [0.25, 0.3) is 0 Å². The van der Waals surface area contributed by atoms with Gasteiger partial charge in [-0.2, -0.15) is 0 Å². The predicted octanol–water partition coefficient (Wildman–Crippen LogP) is 2.31. The molecule has 1 fully saturated rings. The smallest absolute Gasteiger partial charge is 0.308 e. The Morgan fingerprint density at radius 1 is 1.41 bits per heavy atom. The molecular formula is C16H23NO4S. The number of thiophene rings is 1. The third kappa shape index (κ3) is 5.42. The molecule has 0 aromatic carbocycles. The van der Waals surface area contributed by atoms with Gasteiger partial charge in [0.05, 0.1) is 5.92 Å². The standard InChI is InChI=1S/C16H23NO4S/c18-15(5-1-3-13-4-2-10-22-13)17-11-14(16(19)20)12-6-8-21-9-7-12/h2,4,10,12,14H,1,3,5-9,11H2,(H,17,18)(H,19,20). The van der Waals surface area contributed by atoms with Crippen LogP contribution in [0.4, 0.5) is 0 Å². The van der Waals surface area contributed by atoms with Crippen LogP contribution in [0.3, 0.4) is 0 Å². The van der Waals surface area contributed by atoms with Crippen molar-refractivity contribution in [1.82, 2.24) is 5.32 Å². The summed E-state index contributed by atoms with van der Waals surface area (Å²) in [6.45, 7) is 1.45. The Morgan fingerprint density at radius 2 is 2.18 bits per heavy atom. The van der Waals surface area contributed by atoms with Gasteiger partial charge in [0.15, 0.2) is 0 Å². The Bertz CT molecular complexity index is 469. The quantitative estimate of drug-likeness (QED) is 0.769.